The number of methoxy groups -OCH3 is 1. The van der Waals surface area contributed by atoms with Crippen molar-refractivity contribution in [2.75, 3.05) is 34.4 Å². The van der Waals surface area contributed by atoms with Crippen LogP contribution in [0.1, 0.15) is 21.9 Å². The Morgan fingerprint density at radius 3 is 2.62 bits per heavy atom. The fraction of sp³-hybridized carbons (Fsp3) is 0.273. The van der Waals surface area contributed by atoms with E-state index in [0.29, 0.717) is 48.4 Å². The van der Waals surface area contributed by atoms with Crippen LogP contribution in [0.15, 0.2) is 48.8 Å². The number of aromatic nitrogens is 6. The van der Waals surface area contributed by atoms with Gasteiger partial charge in [-0.15, -0.1) is 10.2 Å². The molecular formula is C22H23N7O3. The van der Waals surface area contributed by atoms with Gasteiger partial charge in [-0.25, -0.2) is 9.97 Å². The van der Waals surface area contributed by atoms with E-state index in [4.69, 9.17) is 9.47 Å². The van der Waals surface area contributed by atoms with Gasteiger partial charge in [-0.2, -0.15) is 9.61 Å². The normalized spacial score (nSPS) is 11.0. The zero-order valence-electron chi connectivity index (χ0n) is 18.1. The van der Waals surface area contributed by atoms with Gasteiger partial charge >= 0.3 is 0 Å². The second-order valence-corrected chi connectivity index (χ2v) is 7.27. The van der Waals surface area contributed by atoms with Gasteiger partial charge < -0.3 is 14.4 Å². The molecule has 0 unspecified atom stereocenters. The predicted octanol–water partition coefficient (Wildman–Crippen LogP) is 1.90. The number of ether oxygens (including phenoxy) is 2. The average Bonchev–Trinajstić information content (AvgIpc) is 3.21. The van der Waals surface area contributed by atoms with Gasteiger partial charge in [0.2, 0.25) is 0 Å². The third-order valence-corrected chi connectivity index (χ3v) is 4.68. The van der Waals surface area contributed by atoms with Crippen LogP contribution < -0.4 is 4.74 Å². The summed E-state index contributed by atoms with van der Waals surface area (Å²) in [7, 11) is 5.00. The molecule has 0 spiro atoms. The van der Waals surface area contributed by atoms with E-state index in [0.717, 1.165) is 11.1 Å². The highest BCUT2D eigenvalue weighted by molar-refractivity contribution is 5.91. The highest BCUT2D eigenvalue weighted by Gasteiger charge is 2.14. The first-order chi connectivity index (χ1) is 15.5. The standard InChI is InChI=1S/C22H23N7O3/c1-28(2)22(30)18-7-8-19-25-26-20(29(19)27-18)12-15-5-4-6-16(11-15)21-23-13-17(14-24-21)32-10-9-31-3/h4-8,11,13-14H,9-10,12H2,1-3H3. The first-order valence-electron chi connectivity index (χ1n) is 10.0. The van der Waals surface area contributed by atoms with Gasteiger partial charge in [0, 0.05) is 33.2 Å². The number of nitrogens with zero attached hydrogens (tertiary/aromatic N) is 7. The largest absolute Gasteiger partial charge is 0.488 e. The second kappa shape index (κ2) is 9.48. The molecular weight excluding hydrogens is 410 g/mol. The second-order valence-electron chi connectivity index (χ2n) is 7.27. The van der Waals surface area contributed by atoms with Gasteiger partial charge in [0.05, 0.1) is 19.0 Å². The Bertz CT molecular complexity index is 1220. The summed E-state index contributed by atoms with van der Waals surface area (Å²) in [6, 6.07) is 11.3. The monoisotopic (exact) mass is 433 g/mol. The van der Waals surface area contributed by atoms with Crippen LogP contribution in [0.3, 0.4) is 0 Å². The maximum absolute atomic E-state index is 12.3. The topological polar surface area (TPSA) is 108 Å². The van der Waals surface area contributed by atoms with E-state index in [1.807, 2.05) is 24.3 Å². The minimum absolute atomic E-state index is 0.180. The van der Waals surface area contributed by atoms with E-state index >= 15 is 0 Å². The van der Waals surface area contributed by atoms with Gasteiger partial charge in [-0.3, -0.25) is 4.79 Å². The van der Waals surface area contributed by atoms with E-state index in [2.05, 4.69) is 25.3 Å². The molecule has 1 amide bonds. The molecule has 0 atom stereocenters. The quantitative estimate of drug-likeness (QED) is 0.388. The Morgan fingerprint density at radius 2 is 1.88 bits per heavy atom. The smallest absolute Gasteiger partial charge is 0.273 e. The zero-order chi connectivity index (χ0) is 22.5. The average molecular weight is 433 g/mol. The molecule has 1 aromatic carbocycles. The molecule has 4 aromatic rings. The van der Waals surface area contributed by atoms with Crippen LogP contribution in [-0.2, 0) is 11.2 Å². The third kappa shape index (κ3) is 4.70. The Hall–Kier alpha value is -3.92. The van der Waals surface area contributed by atoms with Crippen molar-refractivity contribution in [3.8, 4) is 17.1 Å². The fourth-order valence-electron chi connectivity index (χ4n) is 3.07. The van der Waals surface area contributed by atoms with Crippen molar-refractivity contribution in [2.24, 2.45) is 0 Å². The highest BCUT2D eigenvalue weighted by Crippen LogP contribution is 2.19. The van der Waals surface area contributed by atoms with Gasteiger partial charge in [-0.1, -0.05) is 18.2 Å². The Labute approximate surface area is 184 Å². The summed E-state index contributed by atoms with van der Waals surface area (Å²) in [6.45, 7) is 0.942. The molecule has 4 rings (SSSR count). The van der Waals surface area contributed by atoms with Crippen LogP contribution in [0, 0.1) is 0 Å². The van der Waals surface area contributed by atoms with E-state index in [-0.39, 0.29) is 5.91 Å². The molecule has 0 radical (unpaired) electrons. The maximum atomic E-state index is 12.3. The van der Waals surface area contributed by atoms with Gasteiger partial charge in [0.15, 0.2) is 23.0 Å². The molecule has 0 bridgehead atoms. The molecule has 0 saturated carbocycles. The van der Waals surface area contributed by atoms with E-state index in [1.165, 1.54) is 4.90 Å². The van der Waals surface area contributed by atoms with E-state index < -0.39 is 0 Å². The van der Waals surface area contributed by atoms with Crippen molar-refractivity contribution in [1.29, 1.82) is 0 Å². The molecule has 0 fully saturated rings. The summed E-state index contributed by atoms with van der Waals surface area (Å²) in [5.74, 6) is 1.63. The van der Waals surface area contributed by atoms with Crippen LogP contribution in [0.4, 0.5) is 0 Å². The number of carbonyl (C=O) groups excluding carboxylic acids is 1. The molecule has 10 heteroatoms. The van der Waals surface area contributed by atoms with Crippen LogP contribution in [0.5, 0.6) is 5.75 Å². The number of amides is 1. The van der Waals surface area contributed by atoms with Crippen molar-refractivity contribution in [2.45, 2.75) is 6.42 Å². The summed E-state index contributed by atoms with van der Waals surface area (Å²) >= 11 is 0. The number of fused-ring (bicyclic) bond motifs is 1. The van der Waals surface area contributed by atoms with Gasteiger partial charge in [0.1, 0.15) is 12.3 Å². The van der Waals surface area contributed by atoms with Crippen LogP contribution >= 0.6 is 0 Å². The summed E-state index contributed by atoms with van der Waals surface area (Å²) in [6.07, 6.45) is 3.77. The summed E-state index contributed by atoms with van der Waals surface area (Å²) in [5.41, 5.74) is 2.78. The molecule has 3 heterocycles. The van der Waals surface area contributed by atoms with Gasteiger partial charge in [-0.05, 0) is 23.8 Å². The number of benzene rings is 1. The Balaban J connectivity index is 1.55. The summed E-state index contributed by atoms with van der Waals surface area (Å²) in [5, 5.41) is 12.8. The lowest BCUT2D eigenvalue weighted by molar-refractivity contribution is 0.0820. The molecule has 164 valence electrons. The van der Waals surface area contributed by atoms with E-state index in [1.54, 1.807) is 50.2 Å². The molecule has 0 aliphatic carbocycles. The maximum Gasteiger partial charge on any atom is 0.273 e. The molecule has 3 aromatic heterocycles. The first kappa shape index (κ1) is 21.3. The van der Waals surface area contributed by atoms with Crippen molar-refractivity contribution in [1.82, 2.24) is 34.7 Å². The predicted molar refractivity (Wildman–Crippen MR) is 116 cm³/mol. The SMILES string of the molecule is COCCOc1cnc(-c2cccc(Cc3nnc4ccc(C(=O)N(C)C)nn34)c2)nc1. The molecule has 0 saturated heterocycles. The van der Waals surface area contributed by atoms with Crippen molar-refractivity contribution < 1.29 is 14.3 Å². The molecule has 0 N–H and O–H groups in total. The summed E-state index contributed by atoms with van der Waals surface area (Å²) < 4.78 is 12.1. The number of carbonyl (C=O) groups is 1. The van der Waals surface area contributed by atoms with Crippen molar-refractivity contribution in [3.63, 3.8) is 0 Å². The molecule has 0 aliphatic heterocycles. The fourth-order valence-corrected chi connectivity index (χ4v) is 3.07. The molecule has 10 nitrogen and oxygen atoms in total. The zero-order valence-corrected chi connectivity index (χ0v) is 18.1. The lowest BCUT2D eigenvalue weighted by Gasteiger charge is -2.09. The van der Waals surface area contributed by atoms with Crippen LogP contribution in [0.25, 0.3) is 17.0 Å². The minimum atomic E-state index is -0.180. The number of rotatable bonds is 8. The first-order valence-corrected chi connectivity index (χ1v) is 10.0. The molecule has 0 aliphatic rings. The summed E-state index contributed by atoms with van der Waals surface area (Å²) in [4.78, 5) is 22.5. The van der Waals surface area contributed by atoms with Crippen LogP contribution in [-0.4, -0.2) is 75.0 Å². The van der Waals surface area contributed by atoms with Crippen LogP contribution in [0.2, 0.25) is 0 Å². The van der Waals surface area contributed by atoms with Gasteiger partial charge in [0.25, 0.3) is 5.91 Å². The Morgan fingerprint density at radius 1 is 1.06 bits per heavy atom. The lowest BCUT2D eigenvalue weighted by atomic mass is 10.1. The van der Waals surface area contributed by atoms with Crippen molar-refractivity contribution >= 4 is 11.6 Å². The third-order valence-electron chi connectivity index (χ3n) is 4.68. The Kier molecular flexibility index (Phi) is 6.31. The van der Waals surface area contributed by atoms with Crippen molar-refractivity contribution in [3.05, 3.63) is 65.9 Å². The number of hydrogen-bond acceptors (Lipinski definition) is 8. The number of hydrogen-bond donors (Lipinski definition) is 0. The lowest BCUT2D eigenvalue weighted by Crippen LogP contribution is -2.23. The highest BCUT2D eigenvalue weighted by atomic mass is 16.5. The minimum Gasteiger partial charge on any atom is -0.488 e. The van der Waals surface area contributed by atoms with E-state index in [9.17, 15) is 4.79 Å². The molecule has 32 heavy (non-hydrogen) atoms.